The summed E-state index contributed by atoms with van der Waals surface area (Å²) in [6.45, 7) is 2.35. The lowest BCUT2D eigenvalue weighted by Gasteiger charge is -2.34. The van der Waals surface area contributed by atoms with Gasteiger partial charge in [-0.1, -0.05) is 41.4 Å². The number of para-hydroxylation sites is 1. The fraction of sp³-hybridized carbons (Fsp3) is 0.286. The largest absolute Gasteiger partial charge is 0.343 e. The maximum absolute atomic E-state index is 12.4. The Labute approximate surface area is 184 Å². The van der Waals surface area contributed by atoms with E-state index in [1.165, 1.54) is 12.1 Å². The molecule has 1 aliphatic rings. The van der Waals surface area contributed by atoms with Crippen LogP contribution in [-0.4, -0.2) is 66.8 Å². The zero-order valence-electron chi connectivity index (χ0n) is 16.2. The van der Waals surface area contributed by atoms with Crippen molar-refractivity contribution in [1.82, 2.24) is 15.1 Å². The molecule has 1 aliphatic heterocycles. The number of anilines is 1. The van der Waals surface area contributed by atoms with E-state index in [1.807, 2.05) is 35.2 Å². The fourth-order valence-corrected chi connectivity index (χ4v) is 3.39. The van der Waals surface area contributed by atoms with E-state index in [-0.39, 0.29) is 29.9 Å². The average molecular weight is 449 g/mol. The van der Waals surface area contributed by atoms with Gasteiger partial charge in [-0.15, -0.1) is 0 Å². The van der Waals surface area contributed by atoms with Gasteiger partial charge < -0.3 is 15.5 Å². The van der Waals surface area contributed by atoms with Crippen LogP contribution in [0.1, 0.15) is 10.4 Å². The molecule has 2 N–H and O–H groups in total. The lowest BCUT2D eigenvalue weighted by atomic mass is 10.2. The standard InChI is InChI=1S/C21H22Cl2N4O3/c22-17-7-6-15(12-18(17)23)21(30)24-13-20(29)27-10-8-26(9-11-27)14-19(28)25-16-4-2-1-3-5-16/h1-7,12H,8-11,13-14H2,(H,24,30)(H,25,28). The van der Waals surface area contributed by atoms with Gasteiger partial charge in [0, 0.05) is 37.4 Å². The third-order valence-corrected chi connectivity index (χ3v) is 5.47. The normalized spacial score (nSPS) is 14.3. The lowest BCUT2D eigenvalue weighted by molar-refractivity contribution is -0.132. The van der Waals surface area contributed by atoms with Gasteiger partial charge in [0.05, 0.1) is 23.1 Å². The molecule has 9 heteroatoms. The zero-order valence-corrected chi connectivity index (χ0v) is 17.7. The molecular formula is C21H22Cl2N4O3. The van der Waals surface area contributed by atoms with Gasteiger partial charge >= 0.3 is 0 Å². The van der Waals surface area contributed by atoms with Crippen LogP contribution in [0.2, 0.25) is 10.0 Å². The van der Waals surface area contributed by atoms with Crippen molar-refractivity contribution >= 4 is 46.6 Å². The Morgan fingerprint density at radius 2 is 1.60 bits per heavy atom. The second-order valence-corrected chi connectivity index (χ2v) is 7.70. The van der Waals surface area contributed by atoms with Gasteiger partial charge in [-0.3, -0.25) is 19.3 Å². The smallest absolute Gasteiger partial charge is 0.251 e. The Morgan fingerprint density at radius 3 is 2.27 bits per heavy atom. The molecule has 3 amide bonds. The Balaban J connectivity index is 1.40. The first-order valence-electron chi connectivity index (χ1n) is 9.50. The number of hydrogen-bond acceptors (Lipinski definition) is 4. The molecule has 1 heterocycles. The summed E-state index contributed by atoms with van der Waals surface area (Å²) >= 11 is 11.8. The number of carbonyl (C=O) groups excluding carboxylic acids is 3. The molecule has 7 nitrogen and oxygen atoms in total. The highest BCUT2D eigenvalue weighted by Gasteiger charge is 2.23. The van der Waals surface area contributed by atoms with Crippen molar-refractivity contribution in [3.8, 4) is 0 Å². The SMILES string of the molecule is O=C(CN1CCN(C(=O)CNC(=O)c2ccc(Cl)c(Cl)c2)CC1)Nc1ccccc1. The highest BCUT2D eigenvalue weighted by Crippen LogP contribution is 2.22. The quantitative estimate of drug-likeness (QED) is 0.710. The number of nitrogens with zero attached hydrogens (tertiary/aromatic N) is 2. The predicted octanol–water partition coefficient (Wildman–Crippen LogP) is 2.51. The Morgan fingerprint density at radius 1 is 0.900 bits per heavy atom. The third-order valence-electron chi connectivity index (χ3n) is 4.73. The van der Waals surface area contributed by atoms with E-state index in [4.69, 9.17) is 23.2 Å². The summed E-state index contributed by atoms with van der Waals surface area (Å²) in [5.41, 5.74) is 1.10. The highest BCUT2D eigenvalue weighted by atomic mass is 35.5. The number of benzene rings is 2. The van der Waals surface area contributed by atoms with Crippen LogP contribution in [0.3, 0.4) is 0 Å². The number of rotatable bonds is 6. The second kappa shape index (κ2) is 10.4. The minimum absolute atomic E-state index is 0.0881. The van der Waals surface area contributed by atoms with Crippen LogP contribution in [-0.2, 0) is 9.59 Å². The van der Waals surface area contributed by atoms with E-state index >= 15 is 0 Å². The van der Waals surface area contributed by atoms with Gasteiger partial charge in [-0.05, 0) is 30.3 Å². The summed E-state index contributed by atoms with van der Waals surface area (Å²) in [5, 5.41) is 6.10. The van der Waals surface area contributed by atoms with Crippen LogP contribution in [0.4, 0.5) is 5.69 Å². The van der Waals surface area contributed by atoms with Crippen molar-refractivity contribution in [2.24, 2.45) is 0 Å². The molecule has 1 saturated heterocycles. The van der Waals surface area contributed by atoms with Gasteiger partial charge in [0.1, 0.15) is 0 Å². The minimum atomic E-state index is -0.391. The Hall–Kier alpha value is -2.61. The molecule has 158 valence electrons. The summed E-state index contributed by atoms with van der Waals surface area (Å²) < 4.78 is 0. The predicted molar refractivity (Wildman–Crippen MR) is 117 cm³/mol. The molecule has 30 heavy (non-hydrogen) atoms. The van der Waals surface area contributed by atoms with Crippen LogP contribution < -0.4 is 10.6 Å². The second-order valence-electron chi connectivity index (χ2n) is 6.88. The number of halogens is 2. The molecule has 0 atom stereocenters. The van der Waals surface area contributed by atoms with E-state index in [2.05, 4.69) is 10.6 Å². The Kier molecular flexibility index (Phi) is 7.68. The Bertz CT molecular complexity index is 916. The molecule has 2 aromatic rings. The number of nitrogens with one attached hydrogen (secondary N) is 2. The van der Waals surface area contributed by atoms with E-state index in [9.17, 15) is 14.4 Å². The molecule has 0 unspecified atom stereocenters. The summed E-state index contributed by atoms with van der Waals surface area (Å²) in [7, 11) is 0. The molecule has 0 saturated carbocycles. The van der Waals surface area contributed by atoms with Crippen LogP contribution in [0.25, 0.3) is 0 Å². The van der Waals surface area contributed by atoms with E-state index in [0.717, 1.165) is 5.69 Å². The van der Waals surface area contributed by atoms with Crippen molar-refractivity contribution in [1.29, 1.82) is 0 Å². The van der Waals surface area contributed by atoms with Crippen LogP contribution in [0.15, 0.2) is 48.5 Å². The number of amides is 3. The maximum atomic E-state index is 12.4. The monoisotopic (exact) mass is 448 g/mol. The van der Waals surface area contributed by atoms with Crippen molar-refractivity contribution in [2.45, 2.75) is 0 Å². The maximum Gasteiger partial charge on any atom is 0.251 e. The van der Waals surface area contributed by atoms with Gasteiger partial charge in [-0.2, -0.15) is 0 Å². The molecule has 0 radical (unpaired) electrons. The first kappa shape index (κ1) is 22.1. The molecule has 0 spiro atoms. The highest BCUT2D eigenvalue weighted by molar-refractivity contribution is 6.42. The first-order chi connectivity index (χ1) is 14.4. The first-order valence-corrected chi connectivity index (χ1v) is 10.3. The molecule has 0 bridgehead atoms. The lowest BCUT2D eigenvalue weighted by Crippen LogP contribution is -2.52. The van der Waals surface area contributed by atoms with Crippen LogP contribution in [0, 0.1) is 0 Å². The van der Waals surface area contributed by atoms with Gasteiger partial charge in [0.15, 0.2) is 0 Å². The summed E-state index contributed by atoms with van der Waals surface area (Å²) in [6, 6.07) is 13.8. The van der Waals surface area contributed by atoms with Crippen LogP contribution in [0.5, 0.6) is 0 Å². The summed E-state index contributed by atoms with van der Waals surface area (Å²) in [6.07, 6.45) is 0. The molecule has 3 rings (SSSR count). The number of carbonyl (C=O) groups is 3. The molecular weight excluding hydrogens is 427 g/mol. The van der Waals surface area contributed by atoms with Crippen molar-refractivity contribution < 1.29 is 14.4 Å². The van der Waals surface area contributed by atoms with Crippen molar-refractivity contribution in [2.75, 3.05) is 44.6 Å². The molecule has 0 aliphatic carbocycles. The topological polar surface area (TPSA) is 81.8 Å². The fourth-order valence-electron chi connectivity index (χ4n) is 3.09. The minimum Gasteiger partial charge on any atom is -0.343 e. The summed E-state index contributed by atoms with van der Waals surface area (Å²) in [5.74, 6) is -0.648. The van der Waals surface area contributed by atoms with E-state index in [0.29, 0.717) is 36.8 Å². The van der Waals surface area contributed by atoms with Gasteiger partial charge in [0.2, 0.25) is 11.8 Å². The molecule has 0 aromatic heterocycles. The van der Waals surface area contributed by atoms with E-state index in [1.54, 1.807) is 11.0 Å². The van der Waals surface area contributed by atoms with Crippen molar-refractivity contribution in [3.63, 3.8) is 0 Å². The average Bonchev–Trinajstić information content (AvgIpc) is 2.75. The third kappa shape index (κ3) is 6.19. The van der Waals surface area contributed by atoms with Gasteiger partial charge in [-0.25, -0.2) is 0 Å². The van der Waals surface area contributed by atoms with Gasteiger partial charge in [0.25, 0.3) is 5.91 Å². The summed E-state index contributed by atoms with van der Waals surface area (Å²) in [4.78, 5) is 40.4. The van der Waals surface area contributed by atoms with Crippen molar-refractivity contribution in [3.05, 3.63) is 64.1 Å². The van der Waals surface area contributed by atoms with Crippen LogP contribution >= 0.6 is 23.2 Å². The van der Waals surface area contributed by atoms with E-state index < -0.39 is 5.91 Å². The molecule has 2 aromatic carbocycles. The number of hydrogen-bond donors (Lipinski definition) is 2. The number of piperazine rings is 1. The zero-order chi connectivity index (χ0) is 21.5. The molecule has 1 fully saturated rings.